The largest absolute Gasteiger partial charge is 0.326 e. The van der Waals surface area contributed by atoms with Crippen molar-refractivity contribution < 1.29 is 13.2 Å². The van der Waals surface area contributed by atoms with Crippen LogP contribution in [0, 0.1) is 11.3 Å². The molecule has 0 aliphatic heterocycles. The van der Waals surface area contributed by atoms with Crippen molar-refractivity contribution in [1.82, 2.24) is 15.0 Å². The van der Waals surface area contributed by atoms with E-state index in [-0.39, 0.29) is 23.2 Å². The van der Waals surface area contributed by atoms with Crippen LogP contribution in [0.3, 0.4) is 0 Å². The summed E-state index contributed by atoms with van der Waals surface area (Å²) in [6, 6.07) is 22.7. The summed E-state index contributed by atoms with van der Waals surface area (Å²) < 4.78 is 27.2. The molecule has 0 spiro atoms. The zero-order valence-electron chi connectivity index (χ0n) is 18.8. The molecular formula is C25H20N6O3S2. The first-order valence-corrected chi connectivity index (χ1v) is 13.2. The lowest BCUT2D eigenvalue weighted by atomic mass is 10.1. The number of aromatic nitrogens is 3. The SMILES string of the molecule is N#Cc1ccc(-c2ccccc2)nc1SCCC(=O)Nc1ccc(S(=O)(=O)Nc2ncccn2)cc1. The summed E-state index contributed by atoms with van der Waals surface area (Å²) >= 11 is 1.33. The Bertz CT molecular complexity index is 1490. The van der Waals surface area contributed by atoms with Crippen molar-refractivity contribution in [2.45, 2.75) is 16.3 Å². The predicted octanol–water partition coefficient (Wildman–Crippen LogP) is 4.33. The lowest BCUT2D eigenvalue weighted by Crippen LogP contribution is -2.15. The van der Waals surface area contributed by atoms with Gasteiger partial charge in [-0.15, -0.1) is 11.8 Å². The molecule has 4 rings (SSSR count). The Balaban J connectivity index is 1.33. The van der Waals surface area contributed by atoms with Crippen LogP contribution in [-0.2, 0) is 14.8 Å². The van der Waals surface area contributed by atoms with E-state index in [9.17, 15) is 18.5 Å². The average Bonchev–Trinajstić information content (AvgIpc) is 2.90. The predicted molar refractivity (Wildman–Crippen MR) is 138 cm³/mol. The van der Waals surface area contributed by atoms with Gasteiger partial charge >= 0.3 is 0 Å². The number of hydrogen-bond acceptors (Lipinski definition) is 8. The molecule has 180 valence electrons. The van der Waals surface area contributed by atoms with Crippen LogP contribution >= 0.6 is 11.8 Å². The molecule has 0 saturated heterocycles. The highest BCUT2D eigenvalue weighted by molar-refractivity contribution is 7.99. The second-order valence-electron chi connectivity index (χ2n) is 7.38. The summed E-state index contributed by atoms with van der Waals surface area (Å²) in [6.07, 6.45) is 3.04. The number of nitrogens with zero attached hydrogens (tertiary/aromatic N) is 4. The maximum Gasteiger partial charge on any atom is 0.264 e. The maximum absolute atomic E-state index is 12.5. The van der Waals surface area contributed by atoms with Gasteiger partial charge < -0.3 is 5.32 Å². The van der Waals surface area contributed by atoms with Gasteiger partial charge in [0.05, 0.1) is 16.2 Å². The van der Waals surface area contributed by atoms with Crippen molar-refractivity contribution in [3.05, 3.63) is 90.8 Å². The number of carbonyl (C=O) groups excluding carboxylic acids is 1. The fourth-order valence-electron chi connectivity index (χ4n) is 3.12. The highest BCUT2D eigenvalue weighted by atomic mass is 32.2. The van der Waals surface area contributed by atoms with Gasteiger partial charge in [-0.3, -0.25) is 4.79 Å². The van der Waals surface area contributed by atoms with Gasteiger partial charge in [0, 0.05) is 35.8 Å². The highest BCUT2D eigenvalue weighted by Crippen LogP contribution is 2.26. The summed E-state index contributed by atoms with van der Waals surface area (Å²) in [5.41, 5.74) is 2.61. The van der Waals surface area contributed by atoms with Crippen LogP contribution in [0.15, 0.2) is 95.1 Å². The molecule has 0 radical (unpaired) electrons. The van der Waals surface area contributed by atoms with Crippen LogP contribution in [0.4, 0.5) is 11.6 Å². The van der Waals surface area contributed by atoms with Crippen molar-refractivity contribution >= 4 is 39.3 Å². The number of hydrogen-bond donors (Lipinski definition) is 2. The number of pyridine rings is 1. The van der Waals surface area contributed by atoms with E-state index in [0.717, 1.165) is 11.3 Å². The summed E-state index contributed by atoms with van der Waals surface area (Å²) in [6.45, 7) is 0. The van der Waals surface area contributed by atoms with E-state index in [0.29, 0.717) is 22.0 Å². The molecule has 0 fully saturated rings. The number of nitriles is 1. The minimum Gasteiger partial charge on any atom is -0.326 e. The quantitative estimate of drug-likeness (QED) is 0.314. The monoisotopic (exact) mass is 516 g/mol. The first kappa shape index (κ1) is 24.8. The zero-order chi connectivity index (χ0) is 25.4. The van der Waals surface area contributed by atoms with Crippen LogP contribution in [0.5, 0.6) is 0 Å². The molecule has 1 amide bonds. The lowest BCUT2D eigenvalue weighted by molar-refractivity contribution is -0.115. The number of nitrogens with one attached hydrogen (secondary N) is 2. The van der Waals surface area contributed by atoms with Crippen molar-refractivity contribution in [1.29, 1.82) is 5.26 Å². The van der Waals surface area contributed by atoms with Crippen LogP contribution in [0.2, 0.25) is 0 Å². The van der Waals surface area contributed by atoms with Crippen LogP contribution in [-0.4, -0.2) is 35.0 Å². The molecule has 0 unspecified atom stereocenters. The van der Waals surface area contributed by atoms with Crippen LogP contribution < -0.4 is 10.0 Å². The van der Waals surface area contributed by atoms with Crippen molar-refractivity contribution in [3.8, 4) is 17.3 Å². The van der Waals surface area contributed by atoms with Gasteiger partial charge in [-0.05, 0) is 42.5 Å². The van der Waals surface area contributed by atoms with Gasteiger partial charge in [-0.2, -0.15) is 5.26 Å². The van der Waals surface area contributed by atoms with E-state index in [2.05, 4.69) is 31.1 Å². The smallest absolute Gasteiger partial charge is 0.264 e. The van der Waals surface area contributed by atoms with E-state index >= 15 is 0 Å². The molecule has 11 heteroatoms. The number of rotatable bonds is 9. The van der Waals surface area contributed by atoms with Gasteiger partial charge in [-0.1, -0.05) is 30.3 Å². The number of amides is 1. The molecule has 0 bridgehead atoms. The minimum absolute atomic E-state index is 0.0110. The summed E-state index contributed by atoms with van der Waals surface area (Å²) in [5, 5.41) is 12.7. The number of anilines is 2. The Morgan fingerprint density at radius 2 is 1.67 bits per heavy atom. The van der Waals surface area contributed by atoms with Crippen molar-refractivity contribution in [2.75, 3.05) is 15.8 Å². The van der Waals surface area contributed by atoms with Gasteiger partial charge in [0.15, 0.2) is 0 Å². The first-order chi connectivity index (χ1) is 17.4. The number of carbonyl (C=O) groups is 1. The second-order valence-corrected chi connectivity index (χ2v) is 10.1. The zero-order valence-corrected chi connectivity index (χ0v) is 20.5. The van der Waals surface area contributed by atoms with E-state index in [1.54, 1.807) is 18.2 Å². The van der Waals surface area contributed by atoms with Gasteiger partial charge in [0.25, 0.3) is 10.0 Å². The molecule has 4 aromatic rings. The Kier molecular flexibility index (Phi) is 7.89. The standard InChI is InChI=1S/C25H20N6O3S2/c26-17-19-7-12-22(18-5-2-1-3-6-18)30-24(19)35-16-13-23(32)29-20-8-10-21(11-9-20)36(33,34)31-25-27-14-4-15-28-25/h1-12,14-15H,13,16H2,(H,29,32)(H,27,28,31). The minimum atomic E-state index is -3.86. The average molecular weight is 517 g/mol. The Labute approximate surface area is 212 Å². The topological polar surface area (TPSA) is 138 Å². The Morgan fingerprint density at radius 1 is 0.944 bits per heavy atom. The summed E-state index contributed by atoms with van der Waals surface area (Å²) in [7, 11) is -3.86. The third kappa shape index (κ3) is 6.44. The van der Waals surface area contributed by atoms with Crippen molar-refractivity contribution in [2.24, 2.45) is 0 Å². The molecule has 9 nitrogen and oxygen atoms in total. The van der Waals surface area contributed by atoms with E-state index in [1.165, 1.54) is 48.4 Å². The molecule has 2 N–H and O–H groups in total. The molecule has 0 aliphatic rings. The molecule has 2 aromatic carbocycles. The lowest BCUT2D eigenvalue weighted by Gasteiger charge is -2.09. The second kappa shape index (κ2) is 11.4. The maximum atomic E-state index is 12.5. The molecule has 2 heterocycles. The summed E-state index contributed by atoms with van der Waals surface area (Å²) in [4.78, 5) is 24.7. The van der Waals surface area contributed by atoms with Gasteiger partial charge in [0.2, 0.25) is 11.9 Å². The highest BCUT2D eigenvalue weighted by Gasteiger charge is 2.16. The fraction of sp³-hybridized carbons (Fsp3) is 0.0800. The molecule has 2 aromatic heterocycles. The number of sulfonamides is 1. The molecule has 0 saturated carbocycles. The van der Waals surface area contributed by atoms with E-state index in [1.807, 2.05) is 30.3 Å². The molecule has 0 atom stereocenters. The molecule has 36 heavy (non-hydrogen) atoms. The third-order valence-corrected chi connectivity index (χ3v) is 7.19. The van der Waals surface area contributed by atoms with E-state index in [4.69, 9.17) is 0 Å². The number of thioether (sulfide) groups is 1. The Hall–Kier alpha value is -4.27. The fourth-order valence-corrected chi connectivity index (χ4v) is 4.99. The van der Waals surface area contributed by atoms with Crippen LogP contribution in [0.25, 0.3) is 11.3 Å². The third-order valence-electron chi connectivity index (χ3n) is 4.86. The Morgan fingerprint density at radius 3 is 2.36 bits per heavy atom. The van der Waals surface area contributed by atoms with Crippen LogP contribution in [0.1, 0.15) is 12.0 Å². The molecular weight excluding hydrogens is 496 g/mol. The van der Waals surface area contributed by atoms with Gasteiger partial charge in [0.1, 0.15) is 11.1 Å². The normalized spacial score (nSPS) is 10.9. The first-order valence-electron chi connectivity index (χ1n) is 10.7. The van der Waals surface area contributed by atoms with E-state index < -0.39 is 10.0 Å². The number of benzene rings is 2. The van der Waals surface area contributed by atoms with Gasteiger partial charge in [-0.25, -0.2) is 28.1 Å². The summed E-state index contributed by atoms with van der Waals surface area (Å²) in [5.74, 6) is 0.140. The van der Waals surface area contributed by atoms with Crippen molar-refractivity contribution in [3.63, 3.8) is 0 Å². The molecule has 0 aliphatic carbocycles.